The second-order valence-corrected chi connectivity index (χ2v) is 8.15. The molecule has 0 saturated heterocycles. The smallest absolute Gasteiger partial charge is 0.321 e. The number of hydrogen-bond acceptors (Lipinski definition) is 6. The number of carbonyl (C=O) groups is 2. The van der Waals surface area contributed by atoms with Gasteiger partial charge in [0.2, 0.25) is 11.7 Å². The van der Waals surface area contributed by atoms with Gasteiger partial charge in [0.05, 0.1) is 22.3 Å². The summed E-state index contributed by atoms with van der Waals surface area (Å²) in [5.74, 6) is -0.128. The number of nitrogens with one attached hydrogen (secondary N) is 2. The topological polar surface area (TPSA) is 110 Å². The molecule has 2 aromatic carbocycles. The van der Waals surface area contributed by atoms with Crippen molar-refractivity contribution in [2.45, 2.75) is 25.9 Å². The molecule has 0 bridgehead atoms. The monoisotopic (exact) mass is 450 g/mol. The average molecular weight is 451 g/mol. The molecule has 0 unspecified atom stereocenters. The van der Waals surface area contributed by atoms with Crippen LogP contribution in [0, 0.1) is 13.8 Å². The van der Waals surface area contributed by atoms with E-state index in [0.717, 1.165) is 28.6 Å². The normalized spacial score (nSPS) is 11.1. The molecular weight excluding hydrogens is 428 g/mol. The molecular formula is C22H22N6O3S. The average Bonchev–Trinajstić information content (AvgIpc) is 3.18. The Balaban J connectivity index is 1.85. The number of nitrogens with zero attached hydrogens (tertiary/aromatic N) is 4. The molecule has 2 aromatic heterocycles. The van der Waals surface area contributed by atoms with E-state index in [-0.39, 0.29) is 11.3 Å². The standard InChI is InChI=1S/C22H22N6O3S/c1-4-23-20(31)24-17(29)12-32-22-26-25-21-27(22)16-11-6-5-10-15(16)19(30)28(21)18-13(2)8-7-9-14(18)3/h5-11H,4,12H2,1-3H3,(H2,23,24,29,31). The van der Waals surface area contributed by atoms with Crippen molar-refractivity contribution in [2.24, 2.45) is 0 Å². The molecule has 32 heavy (non-hydrogen) atoms. The Kier molecular flexibility index (Phi) is 5.95. The Morgan fingerprint density at radius 2 is 1.75 bits per heavy atom. The number of para-hydroxylation sites is 2. The first-order valence-electron chi connectivity index (χ1n) is 10.1. The van der Waals surface area contributed by atoms with Crippen LogP contribution in [0.2, 0.25) is 0 Å². The van der Waals surface area contributed by atoms with Crippen molar-refractivity contribution in [1.82, 2.24) is 29.8 Å². The van der Waals surface area contributed by atoms with Gasteiger partial charge >= 0.3 is 6.03 Å². The van der Waals surface area contributed by atoms with Crippen LogP contribution < -0.4 is 16.2 Å². The molecule has 0 aliphatic rings. The van der Waals surface area contributed by atoms with E-state index in [2.05, 4.69) is 20.8 Å². The molecule has 0 aliphatic heterocycles. The highest BCUT2D eigenvalue weighted by molar-refractivity contribution is 7.99. The molecule has 3 amide bonds. The van der Waals surface area contributed by atoms with E-state index in [1.165, 1.54) is 0 Å². The molecule has 4 aromatic rings. The third kappa shape index (κ3) is 3.84. The number of imide groups is 1. The number of fused-ring (bicyclic) bond motifs is 3. The molecule has 0 aliphatic carbocycles. The van der Waals surface area contributed by atoms with Gasteiger partial charge in [-0.2, -0.15) is 0 Å². The number of carbonyl (C=O) groups excluding carboxylic acids is 2. The summed E-state index contributed by atoms with van der Waals surface area (Å²) < 4.78 is 3.34. The minimum Gasteiger partial charge on any atom is -0.338 e. The molecule has 0 radical (unpaired) electrons. The van der Waals surface area contributed by atoms with E-state index in [1.54, 1.807) is 22.0 Å². The van der Waals surface area contributed by atoms with E-state index >= 15 is 0 Å². The number of rotatable bonds is 5. The molecule has 9 nitrogen and oxygen atoms in total. The number of thioether (sulfide) groups is 1. The number of benzene rings is 2. The first-order chi connectivity index (χ1) is 15.4. The molecule has 0 fully saturated rings. The summed E-state index contributed by atoms with van der Waals surface area (Å²) >= 11 is 1.14. The van der Waals surface area contributed by atoms with Gasteiger partial charge in [0.15, 0.2) is 5.16 Å². The highest BCUT2D eigenvalue weighted by atomic mass is 32.2. The number of amides is 3. The first kappa shape index (κ1) is 21.6. The summed E-state index contributed by atoms with van der Waals surface area (Å²) in [4.78, 5) is 37.2. The Morgan fingerprint density at radius 3 is 2.47 bits per heavy atom. The number of aryl methyl sites for hydroxylation is 2. The van der Waals surface area contributed by atoms with E-state index in [4.69, 9.17) is 0 Å². The highest BCUT2D eigenvalue weighted by Gasteiger charge is 2.20. The van der Waals surface area contributed by atoms with Gasteiger partial charge < -0.3 is 5.32 Å². The van der Waals surface area contributed by atoms with Gasteiger partial charge in [-0.15, -0.1) is 10.2 Å². The van der Waals surface area contributed by atoms with Gasteiger partial charge in [0, 0.05) is 6.54 Å². The Morgan fingerprint density at radius 1 is 1.03 bits per heavy atom. The molecule has 4 rings (SSSR count). The number of hydrogen-bond donors (Lipinski definition) is 2. The Labute approximate surface area is 187 Å². The third-order valence-electron chi connectivity index (χ3n) is 4.98. The molecule has 0 saturated carbocycles. The van der Waals surface area contributed by atoms with E-state index in [9.17, 15) is 14.4 Å². The zero-order valence-electron chi connectivity index (χ0n) is 17.9. The molecule has 10 heteroatoms. The van der Waals surface area contributed by atoms with Crippen LogP contribution in [-0.2, 0) is 4.79 Å². The lowest BCUT2D eigenvalue weighted by molar-refractivity contribution is -0.117. The summed E-state index contributed by atoms with van der Waals surface area (Å²) in [6.07, 6.45) is 0. The van der Waals surface area contributed by atoms with Crippen LogP contribution in [0.15, 0.2) is 52.4 Å². The fraction of sp³-hybridized carbons (Fsp3) is 0.227. The maximum atomic E-state index is 13.5. The largest absolute Gasteiger partial charge is 0.338 e. The van der Waals surface area contributed by atoms with Crippen LogP contribution in [0.1, 0.15) is 18.1 Å². The van der Waals surface area contributed by atoms with Crippen molar-refractivity contribution < 1.29 is 9.59 Å². The van der Waals surface area contributed by atoms with Crippen molar-refractivity contribution >= 4 is 40.4 Å². The van der Waals surface area contributed by atoms with Crippen LogP contribution in [0.3, 0.4) is 0 Å². The lowest BCUT2D eigenvalue weighted by Gasteiger charge is -2.15. The predicted molar refractivity (Wildman–Crippen MR) is 124 cm³/mol. The van der Waals surface area contributed by atoms with Crippen molar-refractivity contribution in [2.75, 3.05) is 12.3 Å². The molecule has 164 valence electrons. The van der Waals surface area contributed by atoms with Gasteiger partial charge in [-0.25, -0.2) is 9.36 Å². The van der Waals surface area contributed by atoms with Gasteiger partial charge in [-0.3, -0.25) is 19.3 Å². The van der Waals surface area contributed by atoms with E-state index in [1.807, 2.05) is 50.2 Å². The minimum absolute atomic E-state index is 0.0330. The fourth-order valence-electron chi connectivity index (χ4n) is 3.63. The van der Waals surface area contributed by atoms with Gasteiger partial charge in [-0.1, -0.05) is 42.1 Å². The Hall–Kier alpha value is -3.66. The van der Waals surface area contributed by atoms with Crippen LogP contribution >= 0.6 is 11.8 Å². The molecule has 2 N–H and O–H groups in total. The number of urea groups is 1. The fourth-order valence-corrected chi connectivity index (χ4v) is 4.37. The van der Waals surface area contributed by atoms with Crippen molar-refractivity contribution in [3.63, 3.8) is 0 Å². The van der Waals surface area contributed by atoms with Crippen molar-refractivity contribution in [3.05, 3.63) is 63.9 Å². The molecule has 0 atom stereocenters. The molecule has 0 spiro atoms. The van der Waals surface area contributed by atoms with Crippen LogP contribution in [0.25, 0.3) is 22.4 Å². The second kappa shape index (κ2) is 8.83. The summed E-state index contributed by atoms with van der Waals surface area (Å²) in [7, 11) is 0. The lowest BCUT2D eigenvalue weighted by Crippen LogP contribution is -2.40. The van der Waals surface area contributed by atoms with Crippen LogP contribution in [0.5, 0.6) is 0 Å². The minimum atomic E-state index is -0.543. The summed E-state index contributed by atoms with van der Waals surface area (Å²) in [6.45, 7) is 6.07. The maximum absolute atomic E-state index is 13.5. The predicted octanol–water partition coefficient (Wildman–Crippen LogP) is 2.59. The lowest BCUT2D eigenvalue weighted by atomic mass is 10.1. The Bertz CT molecular complexity index is 1390. The highest BCUT2D eigenvalue weighted by Crippen LogP contribution is 2.25. The second-order valence-electron chi connectivity index (χ2n) is 7.21. The van der Waals surface area contributed by atoms with Gasteiger partial charge in [-0.05, 0) is 44.0 Å². The van der Waals surface area contributed by atoms with Crippen molar-refractivity contribution in [1.29, 1.82) is 0 Å². The number of aromatic nitrogens is 4. The van der Waals surface area contributed by atoms with Crippen molar-refractivity contribution in [3.8, 4) is 5.69 Å². The summed E-state index contributed by atoms with van der Waals surface area (Å²) in [6, 6.07) is 12.5. The SMILES string of the molecule is CCNC(=O)NC(=O)CSc1nnc2n(-c3c(C)cccc3C)c(=O)c3ccccc3n12. The molecule has 2 heterocycles. The van der Waals surface area contributed by atoms with E-state index in [0.29, 0.717) is 28.4 Å². The zero-order chi connectivity index (χ0) is 22.8. The van der Waals surface area contributed by atoms with Gasteiger partial charge in [0.25, 0.3) is 5.56 Å². The van der Waals surface area contributed by atoms with E-state index < -0.39 is 11.9 Å². The third-order valence-corrected chi connectivity index (χ3v) is 5.91. The maximum Gasteiger partial charge on any atom is 0.321 e. The van der Waals surface area contributed by atoms with Crippen LogP contribution in [0.4, 0.5) is 4.79 Å². The summed E-state index contributed by atoms with van der Waals surface area (Å²) in [5, 5.41) is 14.3. The summed E-state index contributed by atoms with van der Waals surface area (Å²) in [5.41, 5.74) is 3.08. The zero-order valence-corrected chi connectivity index (χ0v) is 18.7. The van der Waals surface area contributed by atoms with Crippen LogP contribution in [-0.4, -0.2) is 43.4 Å². The first-order valence-corrected chi connectivity index (χ1v) is 11.1. The quantitative estimate of drug-likeness (QED) is 0.452. The van der Waals surface area contributed by atoms with Gasteiger partial charge in [0.1, 0.15) is 0 Å².